The molecule has 0 aliphatic heterocycles. The molecular formula is C18H15N3O2. The van der Waals surface area contributed by atoms with Crippen molar-refractivity contribution in [1.29, 1.82) is 0 Å². The molecule has 0 aliphatic carbocycles. The van der Waals surface area contributed by atoms with Crippen LogP contribution in [0.15, 0.2) is 53.2 Å². The van der Waals surface area contributed by atoms with Gasteiger partial charge in [-0.25, -0.2) is 4.98 Å². The first-order chi connectivity index (χ1) is 11.1. The van der Waals surface area contributed by atoms with Crippen LogP contribution >= 0.6 is 0 Å². The van der Waals surface area contributed by atoms with Crippen molar-refractivity contribution in [2.75, 3.05) is 5.32 Å². The molecule has 0 saturated heterocycles. The molecule has 0 spiro atoms. The van der Waals surface area contributed by atoms with E-state index in [1.54, 1.807) is 12.4 Å². The largest absolute Gasteiger partial charge is 0.451 e. The highest BCUT2D eigenvalue weighted by atomic mass is 16.3. The maximum Gasteiger partial charge on any atom is 0.291 e. The van der Waals surface area contributed by atoms with Crippen molar-refractivity contribution in [3.63, 3.8) is 0 Å². The molecule has 0 unspecified atom stereocenters. The SMILES string of the molecule is Cc1ccc2cc(C(=O)Nc3ccc4c(c3)ncn4C)oc2c1. The number of fused-ring (bicyclic) bond motifs is 2. The predicted molar refractivity (Wildman–Crippen MR) is 89.6 cm³/mol. The summed E-state index contributed by atoms with van der Waals surface area (Å²) in [6, 6.07) is 13.3. The zero-order chi connectivity index (χ0) is 16.0. The lowest BCUT2D eigenvalue weighted by Crippen LogP contribution is -2.10. The smallest absolute Gasteiger partial charge is 0.291 e. The van der Waals surface area contributed by atoms with Crippen LogP contribution in [0.3, 0.4) is 0 Å². The van der Waals surface area contributed by atoms with Crippen molar-refractivity contribution < 1.29 is 9.21 Å². The maximum absolute atomic E-state index is 12.4. The summed E-state index contributed by atoms with van der Waals surface area (Å²) in [6.45, 7) is 1.99. The zero-order valence-electron chi connectivity index (χ0n) is 12.8. The third-order valence-electron chi connectivity index (χ3n) is 3.88. The Hall–Kier alpha value is -3.08. The third-order valence-corrected chi connectivity index (χ3v) is 3.88. The minimum Gasteiger partial charge on any atom is -0.451 e. The average Bonchev–Trinajstić information content (AvgIpc) is 3.11. The molecule has 0 fully saturated rings. The van der Waals surface area contributed by atoms with E-state index in [9.17, 15) is 4.79 Å². The highest BCUT2D eigenvalue weighted by Gasteiger charge is 2.13. The second-order valence-electron chi connectivity index (χ2n) is 5.67. The molecule has 2 heterocycles. The second kappa shape index (κ2) is 4.98. The van der Waals surface area contributed by atoms with E-state index >= 15 is 0 Å². The number of imidazole rings is 1. The van der Waals surface area contributed by atoms with Crippen LogP contribution in [0.4, 0.5) is 5.69 Å². The summed E-state index contributed by atoms with van der Waals surface area (Å²) in [4.78, 5) is 16.7. The van der Waals surface area contributed by atoms with Crippen molar-refractivity contribution in [2.45, 2.75) is 6.92 Å². The van der Waals surface area contributed by atoms with Gasteiger partial charge in [-0.15, -0.1) is 0 Å². The normalized spacial score (nSPS) is 11.2. The highest BCUT2D eigenvalue weighted by Crippen LogP contribution is 2.22. The number of nitrogens with one attached hydrogen (secondary N) is 1. The van der Waals surface area contributed by atoms with Gasteiger partial charge < -0.3 is 14.3 Å². The molecular weight excluding hydrogens is 290 g/mol. The van der Waals surface area contributed by atoms with Gasteiger partial charge in [-0.2, -0.15) is 0 Å². The quantitative estimate of drug-likeness (QED) is 0.611. The minimum absolute atomic E-state index is 0.269. The molecule has 0 saturated carbocycles. The van der Waals surface area contributed by atoms with Crippen LogP contribution < -0.4 is 5.32 Å². The Kier molecular flexibility index (Phi) is 2.94. The van der Waals surface area contributed by atoms with E-state index in [4.69, 9.17) is 4.42 Å². The van der Waals surface area contributed by atoms with Gasteiger partial charge in [0.05, 0.1) is 17.4 Å². The number of rotatable bonds is 2. The number of hydrogen-bond acceptors (Lipinski definition) is 3. The minimum atomic E-state index is -0.269. The monoisotopic (exact) mass is 305 g/mol. The molecule has 0 radical (unpaired) electrons. The molecule has 5 heteroatoms. The Morgan fingerprint density at radius 3 is 2.91 bits per heavy atom. The first kappa shape index (κ1) is 13.6. The third kappa shape index (κ3) is 2.36. The topological polar surface area (TPSA) is 60.1 Å². The van der Waals surface area contributed by atoms with E-state index in [0.29, 0.717) is 11.4 Å². The van der Waals surface area contributed by atoms with Gasteiger partial charge >= 0.3 is 0 Å². The summed E-state index contributed by atoms with van der Waals surface area (Å²) in [5.41, 5.74) is 4.36. The Labute approximate surface area is 132 Å². The number of aryl methyl sites for hydroxylation is 2. The van der Waals surface area contributed by atoms with Crippen LogP contribution in [0.1, 0.15) is 16.1 Å². The number of amides is 1. The summed E-state index contributed by atoms with van der Waals surface area (Å²) in [5, 5.41) is 3.77. The number of carbonyl (C=O) groups is 1. The molecule has 4 aromatic rings. The molecule has 0 atom stereocenters. The van der Waals surface area contributed by atoms with E-state index in [2.05, 4.69) is 10.3 Å². The Morgan fingerprint density at radius 1 is 1.17 bits per heavy atom. The lowest BCUT2D eigenvalue weighted by Gasteiger charge is -2.03. The molecule has 2 aromatic carbocycles. The predicted octanol–water partition coefficient (Wildman–Crippen LogP) is 3.88. The Bertz CT molecular complexity index is 1040. The van der Waals surface area contributed by atoms with Gasteiger partial charge in [0.25, 0.3) is 5.91 Å². The molecule has 0 aliphatic rings. The molecule has 114 valence electrons. The summed E-state index contributed by atoms with van der Waals surface area (Å²) >= 11 is 0. The van der Waals surface area contributed by atoms with E-state index < -0.39 is 0 Å². The number of carbonyl (C=O) groups excluding carboxylic acids is 1. The Balaban J connectivity index is 1.64. The fourth-order valence-corrected chi connectivity index (χ4v) is 2.66. The summed E-state index contributed by atoms with van der Waals surface area (Å²) in [6.07, 6.45) is 1.75. The number of aromatic nitrogens is 2. The van der Waals surface area contributed by atoms with E-state index in [1.807, 2.05) is 54.9 Å². The van der Waals surface area contributed by atoms with Gasteiger partial charge in [-0.05, 0) is 42.8 Å². The van der Waals surface area contributed by atoms with Crippen molar-refractivity contribution in [1.82, 2.24) is 9.55 Å². The first-order valence-electron chi connectivity index (χ1n) is 7.33. The van der Waals surface area contributed by atoms with Crippen LogP contribution in [-0.4, -0.2) is 15.5 Å². The van der Waals surface area contributed by atoms with Crippen LogP contribution in [0, 0.1) is 6.92 Å². The van der Waals surface area contributed by atoms with Gasteiger partial charge in [-0.1, -0.05) is 12.1 Å². The van der Waals surface area contributed by atoms with Gasteiger partial charge in [0.15, 0.2) is 5.76 Å². The fraction of sp³-hybridized carbons (Fsp3) is 0.111. The van der Waals surface area contributed by atoms with Crippen molar-refractivity contribution >= 4 is 33.6 Å². The number of benzene rings is 2. The molecule has 4 rings (SSSR count). The lowest BCUT2D eigenvalue weighted by atomic mass is 10.2. The second-order valence-corrected chi connectivity index (χ2v) is 5.67. The van der Waals surface area contributed by atoms with Gasteiger partial charge in [0.2, 0.25) is 0 Å². The number of nitrogens with zero attached hydrogens (tertiary/aromatic N) is 2. The Morgan fingerprint density at radius 2 is 2.04 bits per heavy atom. The van der Waals surface area contributed by atoms with Crippen molar-refractivity contribution in [3.8, 4) is 0 Å². The summed E-state index contributed by atoms with van der Waals surface area (Å²) in [5.74, 6) is 0.0286. The standard InChI is InChI=1S/C18H15N3O2/c1-11-3-4-12-8-17(23-16(12)7-11)18(22)20-13-5-6-15-14(9-13)19-10-21(15)2/h3-10H,1-2H3,(H,20,22). The van der Waals surface area contributed by atoms with Crippen molar-refractivity contribution in [3.05, 3.63) is 60.1 Å². The molecule has 5 nitrogen and oxygen atoms in total. The highest BCUT2D eigenvalue weighted by molar-refractivity contribution is 6.05. The zero-order valence-corrected chi connectivity index (χ0v) is 12.8. The van der Waals surface area contributed by atoms with Gasteiger partial charge in [-0.3, -0.25) is 4.79 Å². The molecule has 23 heavy (non-hydrogen) atoms. The van der Waals surface area contributed by atoms with Crippen LogP contribution in [0.25, 0.3) is 22.0 Å². The van der Waals surface area contributed by atoms with E-state index in [0.717, 1.165) is 27.6 Å². The van der Waals surface area contributed by atoms with Crippen molar-refractivity contribution in [2.24, 2.45) is 7.05 Å². The van der Waals surface area contributed by atoms with Gasteiger partial charge in [0.1, 0.15) is 5.58 Å². The molecule has 0 bridgehead atoms. The maximum atomic E-state index is 12.4. The van der Waals surface area contributed by atoms with Crippen LogP contribution in [0.5, 0.6) is 0 Å². The summed E-state index contributed by atoms with van der Waals surface area (Å²) < 4.78 is 7.58. The first-order valence-corrected chi connectivity index (χ1v) is 7.33. The van der Waals surface area contributed by atoms with Crippen LogP contribution in [0.2, 0.25) is 0 Å². The molecule has 1 N–H and O–H groups in total. The van der Waals surface area contributed by atoms with Crippen LogP contribution in [-0.2, 0) is 7.05 Å². The van der Waals surface area contributed by atoms with E-state index in [-0.39, 0.29) is 5.91 Å². The number of anilines is 1. The van der Waals surface area contributed by atoms with Gasteiger partial charge in [0, 0.05) is 18.1 Å². The number of hydrogen-bond donors (Lipinski definition) is 1. The van der Waals surface area contributed by atoms with E-state index in [1.165, 1.54) is 0 Å². The summed E-state index contributed by atoms with van der Waals surface area (Å²) in [7, 11) is 1.93. The average molecular weight is 305 g/mol. The molecule has 2 aromatic heterocycles. The lowest BCUT2D eigenvalue weighted by molar-refractivity contribution is 0.0998. The fourth-order valence-electron chi connectivity index (χ4n) is 2.66. The molecule has 1 amide bonds. The number of furan rings is 1.